The topological polar surface area (TPSA) is 158 Å². The van der Waals surface area contributed by atoms with Gasteiger partial charge in [-0.05, 0) is 26.3 Å². The zero-order chi connectivity index (χ0) is 19.1. The zero-order valence-electron chi connectivity index (χ0n) is 14.3. The third-order valence-electron chi connectivity index (χ3n) is 4.06. The van der Waals surface area contributed by atoms with E-state index in [2.05, 4.69) is 15.0 Å². The van der Waals surface area contributed by atoms with E-state index in [0.29, 0.717) is 0 Å². The number of rotatable bonds is 4. The minimum Gasteiger partial charge on any atom is -0.349 e. The van der Waals surface area contributed by atoms with Crippen molar-refractivity contribution in [3.05, 3.63) is 43.5 Å². The van der Waals surface area contributed by atoms with Crippen LogP contribution in [0.4, 0.5) is 0 Å². The molecule has 2 fully saturated rings. The van der Waals surface area contributed by atoms with Crippen molar-refractivity contribution < 1.29 is 22.9 Å². The second kappa shape index (κ2) is 6.66. The van der Waals surface area contributed by atoms with Crippen molar-refractivity contribution in [2.24, 2.45) is 5.11 Å². The smallest absolute Gasteiger partial charge is 0.349 e. The monoisotopic (exact) mass is 387 g/mol. The van der Waals surface area contributed by atoms with Crippen molar-refractivity contribution in [1.29, 1.82) is 0 Å². The summed E-state index contributed by atoms with van der Waals surface area (Å²) >= 11 is 0. The van der Waals surface area contributed by atoms with Crippen LogP contribution < -0.4 is 11.2 Å². The van der Waals surface area contributed by atoms with E-state index in [-0.39, 0.29) is 6.61 Å². The van der Waals surface area contributed by atoms with Crippen LogP contribution in [0.3, 0.4) is 0 Å². The van der Waals surface area contributed by atoms with E-state index in [1.54, 1.807) is 13.8 Å². The molecule has 1 aromatic rings. The predicted molar refractivity (Wildman–Crippen MR) is 87.4 cm³/mol. The van der Waals surface area contributed by atoms with Crippen LogP contribution in [0.1, 0.15) is 27.0 Å². The second-order valence-electron chi connectivity index (χ2n) is 6.38. The normalized spacial score (nSPS) is 36.5. The molecule has 13 heteroatoms. The number of ether oxygens (including phenoxy) is 1. The highest BCUT2D eigenvalue weighted by molar-refractivity contribution is 7.48. The highest BCUT2D eigenvalue weighted by Gasteiger charge is 2.60. The van der Waals surface area contributed by atoms with Crippen molar-refractivity contribution >= 4 is 7.82 Å². The van der Waals surface area contributed by atoms with Gasteiger partial charge in [0.25, 0.3) is 5.56 Å². The summed E-state index contributed by atoms with van der Waals surface area (Å²) in [4.78, 5) is 28.4. The third-order valence-corrected chi connectivity index (χ3v) is 5.69. The molecule has 0 amide bonds. The Morgan fingerprint density at radius 1 is 1.54 bits per heavy atom. The average molecular weight is 387 g/mol. The lowest BCUT2D eigenvalue weighted by Gasteiger charge is -2.35. The lowest BCUT2D eigenvalue weighted by molar-refractivity contribution is -0.0749. The molecule has 0 bridgehead atoms. The Balaban J connectivity index is 2.02. The van der Waals surface area contributed by atoms with Crippen molar-refractivity contribution in [3.8, 4) is 0 Å². The molecule has 0 aromatic carbocycles. The van der Waals surface area contributed by atoms with Gasteiger partial charge >= 0.3 is 13.5 Å². The summed E-state index contributed by atoms with van der Waals surface area (Å²) in [6, 6.07) is 1.13. The molecule has 2 saturated heterocycles. The molecule has 1 N–H and O–H groups in total. The summed E-state index contributed by atoms with van der Waals surface area (Å²) in [7, 11) is -3.89. The van der Waals surface area contributed by atoms with E-state index >= 15 is 0 Å². The number of fused-ring (bicyclic) bond motifs is 1. The minimum absolute atomic E-state index is 0.139. The molecule has 26 heavy (non-hydrogen) atoms. The Morgan fingerprint density at radius 3 is 2.88 bits per heavy atom. The van der Waals surface area contributed by atoms with E-state index < -0.39 is 49.2 Å². The first-order valence-corrected chi connectivity index (χ1v) is 9.29. The molecule has 0 radical (unpaired) electrons. The van der Waals surface area contributed by atoms with Crippen LogP contribution in [0.2, 0.25) is 0 Å². The molecular weight excluding hydrogens is 369 g/mol. The van der Waals surface area contributed by atoms with Crippen LogP contribution in [0.15, 0.2) is 27.0 Å². The summed E-state index contributed by atoms with van der Waals surface area (Å²) in [5.74, 6) is 0. The summed E-state index contributed by atoms with van der Waals surface area (Å²) in [6.07, 6.45) is -2.05. The van der Waals surface area contributed by atoms with Crippen molar-refractivity contribution in [1.82, 2.24) is 9.55 Å². The fourth-order valence-electron chi connectivity index (χ4n) is 3.00. The quantitative estimate of drug-likeness (QED) is 0.354. The fourth-order valence-corrected chi connectivity index (χ4v) is 4.65. The number of nitrogens with zero attached hydrogens (tertiary/aromatic N) is 4. The van der Waals surface area contributed by atoms with Gasteiger partial charge in [0, 0.05) is 17.2 Å². The molecule has 0 spiro atoms. The van der Waals surface area contributed by atoms with Crippen LogP contribution in [-0.4, -0.2) is 40.0 Å². The summed E-state index contributed by atoms with van der Waals surface area (Å²) in [6.45, 7) is 4.70. The molecule has 3 rings (SSSR count). The zero-order valence-corrected chi connectivity index (χ0v) is 15.2. The Morgan fingerprint density at radius 2 is 2.27 bits per heavy atom. The maximum absolute atomic E-state index is 12.7. The summed E-state index contributed by atoms with van der Waals surface area (Å²) < 4.78 is 35.5. The largest absolute Gasteiger partial charge is 0.475 e. The van der Waals surface area contributed by atoms with E-state index in [1.165, 1.54) is 13.1 Å². The lowest BCUT2D eigenvalue weighted by Crippen LogP contribution is -2.48. The first kappa shape index (κ1) is 18.8. The molecule has 2 aliphatic rings. The molecule has 142 valence electrons. The van der Waals surface area contributed by atoms with Gasteiger partial charge in [-0.15, -0.1) is 0 Å². The van der Waals surface area contributed by atoms with Gasteiger partial charge in [0.15, 0.2) is 6.23 Å². The van der Waals surface area contributed by atoms with Crippen LogP contribution in [0.5, 0.6) is 0 Å². The van der Waals surface area contributed by atoms with Gasteiger partial charge in [0.1, 0.15) is 17.7 Å². The van der Waals surface area contributed by atoms with Crippen molar-refractivity contribution in [2.75, 3.05) is 6.61 Å². The van der Waals surface area contributed by atoms with Gasteiger partial charge in [-0.3, -0.25) is 27.9 Å². The van der Waals surface area contributed by atoms with Gasteiger partial charge in [0.05, 0.1) is 12.7 Å². The van der Waals surface area contributed by atoms with Crippen molar-refractivity contribution in [2.45, 2.75) is 50.8 Å². The number of nitrogens with one attached hydrogen (secondary N) is 1. The van der Waals surface area contributed by atoms with Crippen LogP contribution >= 0.6 is 7.82 Å². The molecule has 3 heterocycles. The van der Waals surface area contributed by atoms with Gasteiger partial charge in [-0.25, -0.2) is 9.36 Å². The number of phosphoric acid groups is 1. The number of aromatic amines is 1. The van der Waals surface area contributed by atoms with Crippen LogP contribution in [0.25, 0.3) is 10.4 Å². The number of hydrogen-bond donors (Lipinski definition) is 1. The second-order valence-corrected chi connectivity index (χ2v) is 7.96. The van der Waals surface area contributed by atoms with Crippen molar-refractivity contribution in [3.63, 3.8) is 0 Å². The first-order chi connectivity index (χ1) is 12.2. The third kappa shape index (κ3) is 3.23. The molecule has 0 saturated carbocycles. The average Bonchev–Trinajstić information content (AvgIpc) is 2.79. The number of phosphoric ester groups is 1. The number of H-pyrrole nitrogens is 1. The fraction of sp³-hybridized carbons (Fsp3) is 0.692. The van der Waals surface area contributed by atoms with Crippen LogP contribution in [0, 0.1) is 0 Å². The molecule has 5 atom stereocenters. The van der Waals surface area contributed by atoms with E-state index in [4.69, 9.17) is 23.8 Å². The lowest BCUT2D eigenvalue weighted by atomic mass is 9.93. The Bertz CT molecular complexity index is 907. The maximum Gasteiger partial charge on any atom is 0.475 e. The first-order valence-electron chi connectivity index (χ1n) is 7.83. The van der Waals surface area contributed by atoms with Gasteiger partial charge in [-0.2, -0.15) is 0 Å². The summed E-state index contributed by atoms with van der Waals surface area (Å²) in [5, 5.41) is 3.75. The molecule has 2 aliphatic heterocycles. The number of aromatic nitrogens is 2. The maximum atomic E-state index is 12.7. The highest BCUT2D eigenvalue weighted by Crippen LogP contribution is 2.59. The molecule has 1 aromatic heterocycles. The van der Waals surface area contributed by atoms with Crippen LogP contribution in [-0.2, 0) is 22.9 Å². The Kier molecular flexibility index (Phi) is 4.82. The molecule has 12 nitrogen and oxygen atoms in total. The molecular formula is C13H18N5O7P. The Hall–Kier alpha value is -1.94. The Labute approximate surface area is 147 Å². The molecule has 0 aliphatic carbocycles. The highest BCUT2D eigenvalue weighted by atomic mass is 31.2. The van der Waals surface area contributed by atoms with E-state index in [0.717, 1.165) is 10.6 Å². The van der Waals surface area contributed by atoms with Gasteiger partial charge < -0.3 is 4.74 Å². The predicted octanol–water partition coefficient (Wildman–Crippen LogP) is 1.45. The summed E-state index contributed by atoms with van der Waals surface area (Å²) in [5.41, 5.74) is 6.23. The number of hydrogen-bond acceptors (Lipinski definition) is 8. The van der Waals surface area contributed by atoms with E-state index in [9.17, 15) is 14.2 Å². The van der Waals surface area contributed by atoms with E-state index in [1.807, 2.05) is 0 Å². The SMILES string of the molecule is CC(C)O[P@@]1(=O)OC[C@H]2O[C@@H](n3ccc(=O)[nH]c3=O)[C@](C)(N=[N+]=[N-])[C@@H]2O1. The standard InChI is InChI=1S/C13H18N5O7P/c1-7(2)24-26(21)22-6-8-10(25-26)13(3,16-17-14)11(23-8)18-5-4-9(19)15-12(18)20/h4-5,7-8,10-11H,6H2,1-3H3,(H,15,19,20)/t8-,10-,11-,13-,26-/m1/s1. The molecule has 0 unspecified atom stereocenters. The number of azide groups is 1. The minimum atomic E-state index is -3.89. The van der Waals surface area contributed by atoms with Gasteiger partial charge in [-0.1, -0.05) is 5.11 Å². The van der Waals surface area contributed by atoms with Gasteiger partial charge in [0.2, 0.25) is 0 Å².